The Morgan fingerprint density at radius 3 is 2.35 bits per heavy atom. The van der Waals surface area contributed by atoms with E-state index >= 15 is 0 Å². The van der Waals surface area contributed by atoms with Crippen molar-refractivity contribution in [2.45, 2.75) is 32.4 Å². The second-order valence-corrected chi connectivity index (χ2v) is 6.40. The van der Waals surface area contributed by atoms with Crippen molar-refractivity contribution in [1.82, 2.24) is 0 Å². The molecule has 0 N–H and O–H groups in total. The van der Waals surface area contributed by atoms with Crippen molar-refractivity contribution in [1.29, 1.82) is 0 Å². The molecule has 0 aliphatic carbocycles. The van der Waals surface area contributed by atoms with Crippen LogP contribution in [-0.4, -0.2) is 13.0 Å². The van der Waals surface area contributed by atoms with E-state index in [1.807, 2.05) is 44.2 Å². The Kier molecular flexibility index (Phi) is 5.81. The fraction of sp³-hybridized carbons (Fsp3) is 0.333. The molecule has 20 heavy (non-hydrogen) atoms. The van der Waals surface area contributed by atoms with E-state index in [1.54, 1.807) is 6.92 Å². The van der Waals surface area contributed by atoms with Gasteiger partial charge in [0.15, 0.2) is 0 Å². The van der Waals surface area contributed by atoms with E-state index in [1.165, 1.54) is 0 Å². The summed E-state index contributed by atoms with van der Waals surface area (Å²) >= 11 is 0. The van der Waals surface area contributed by atoms with Gasteiger partial charge < -0.3 is 4.55 Å². The summed E-state index contributed by atoms with van der Waals surface area (Å²) < 4.78 is 34.3. The van der Waals surface area contributed by atoms with Crippen molar-refractivity contribution in [3.63, 3.8) is 0 Å². The van der Waals surface area contributed by atoms with Crippen LogP contribution in [-0.2, 0) is 10.1 Å². The van der Waals surface area contributed by atoms with E-state index in [0.29, 0.717) is 12.0 Å². The van der Waals surface area contributed by atoms with Crippen molar-refractivity contribution in [2.75, 3.05) is 0 Å². The third-order valence-corrected chi connectivity index (χ3v) is 4.87. The van der Waals surface area contributed by atoms with E-state index in [4.69, 9.17) is 0 Å². The Morgan fingerprint density at radius 1 is 1.20 bits per heavy atom. The molecule has 0 aliphatic rings. The number of rotatable bonds is 3. The first kappa shape index (κ1) is 17.7. The topological polar surface area (TPSA) is 57.2 Å². The van der Waals surface area contributed by atoms with E-state index < -0.39 is 15.4 Å². The van der Waals surface area contributed by atoms with Gasteiger partial charge in [0, 0.05) is 0 Å². The van der Waals surface area contributed by atoms with Crippen LogP contribution in [0.15, 0.2) is 30.3 Å². The largest absolute Gasteiger partial charge is 1.00 e. The second-order valence-electron chi connectivity index (χ2n) is 4.84. The Balaban J connectivity index is 0.00000200. The van der Waals surface area contributed by atoms with E-state index in [-0.39, 0.29) is 29.6 Å². The van der Waals surface area contributed by atoms with Gasteiger partial charge in [-0.2, -0.15) is 0 Å². The quantitative estimate of drug-likeness (QED) is 0.611. The zero-order valence-electron chi connectivity index (χ0n) is 12.3. The maximum atomic E-state index is 11.4. The van der Waals surface area contributed by atoms with Gasteiger partial charge in [-0.15, -0.1) is 0 Å². The fourth-order valence-corrected chi connectivity index (χ4v) is 3.82. The number of hydrogen-bond donors (Lipinski definition) is 0. The normalized spacial score (nSPS) is 13.0. The molecule has 2 aromatic carbocycles. The minimum absolute atomic E-state index is 0. The van der Waals surface area contributed by atoms with Gasteiger partial charge in [0.1, 0.15) is 10.1 Å². The second kappa shape index (κ2) is 6.58. The maximum Gasteiger partial charge on any atom is 1.00 e. The van der Waals surface area contributed by atoms with Crippen molar-refractivity contribution in [3.8, 4) is 0 Å². The molecule has 0 aromatic heterocycles. The summed E-state index contributed by atoms with van der Waals surface area (Å²) in [6, 6.07) is 9.76. The summed E-state index contributed by atoms with van der Waals surface area (Å²) in [5.74, 6) is 0. The molecule has 0 saturated carbocycles. The average molecular weight is 300 g/mol. The van der Waals surface area contributed by atoms with Crippen LogP contribution in [0.25, 0.3) is 10.8 Å². The van der Waals surface area contributed by atoms with Crippen molar-refractivity contribution < 1.29 is 42.5 Å². The first-order valence-corrected chi connectivity index (χ1v) is 7.77. The van der Waals surface area contributed by atoms with Crippen LogP contribution in [0.4, 0.5) is 0 Å². The van der Waals surface area contributed by atoms with Gasteiger partial charge in [0.2, 0.25) is 0 Å². The molecule has 1 atom stereocenters. The van der Waals surface area contributed by atoms with Gasteiger partial charge in [0.05, 0.1) is 5.25 Å². The molecule has 0 heterocycles. The molecule has 0 aliphatic heterocycles. The van der Waals surface area contributed by atoms with E-state index in [9.17, 15) is 13.0 Å². The van der Waals surface area contributed by atoms with Crippen LogP contribution in [0.5, 0.6) is 0 Å². The summed E-state index contributed by atoms with van der Waals surface area (Å²) in [5, 5.41) is 1.11. The van der Waals surface area contributed by atoms with E-state index in [2.05, 4.69) is 0 Å². The van der Waals surface area contributed by atoms with Gasteiger partial charge >= 0.3 is 29.6 Å². The summed E-state index contributed by atoms with van der Waals surface area (Å²) in [7, 11) is -4.33. The predicted octanol–water partition coefficient (Wildman–Crippen LogP) is 0.457. The first-order valence-electron chi connectivity index (χ1n) is 6.29. The van der Waals surface area contributed by atoms with E-state index in [0.717, 1.165) is 21.9 Å². The van der Waals surface area contributed by atoms with Crippen molar-refractivity contribution in [2.24, 2.45) is 0 Å². The van der Waals surface area contributed by atoms with Crippen LogP contribution in [0, 0.1) is 13.8 Å². The van der Waals surface area contributed by atoms with Crippen molar-refractivity contribution >= 4 is 20.9 Å². The molecule has 0 radical (unpaired) electrons. The van der Waals surface area contributed by atoms with Gasteiger partial charge in [0.25, 0.3) is 0 Å². The average Bonchev–Trinajstić information content (AvgIpc) is 2.32. The maximum absolute atomic E-state index is 11.4. The Labute approximate surface area is 142 Å². The predicted molar refractivity (Wildman–Crippen MR) is 76.2 cm³/mol. The molecular formula is C15H17NaO3S. The fourth-order valence-electron chi connectivity index (χ4n) is 2.76. The summed E-state index contributed by atoms with van der Waals surface area (Å²) in [6.07, 6.45) is 0.297. The smallest absolute Gasteiger partial charge is 0.747 e. The Hall–Kier alpha value is -0.390. The third kappa shape index (κ3) is 3.26. The van der Waals surface area contributed by atoms with Crippen LogP contribution in [0.3, 0.4) is 0 Å². The Morgan fingerprint density at radius 2 is 1.80 bits per heavy atom. The molecule has 1 unspecified atom stereocenters. The summed E-state index contributed by atoms with van der Waals surface area (Å²) in [5.41, 5.74) is 2.42. The molecule has 0 spiro atoms. The monoisotopic (exact) mass is 300 g/mol. The molecular weight excluding hydrogens is 283 g/mol. The van der Waals surface area contributed by atoms with Crippen LogP contribution in [0.1, 0.15) is 35.3 Å². The molecule has 0 saturated heterocycles. The van der Waals surface area contributed by atoms with Gasteiger partial charge in [-0.05, 0) is 47.7 Å². The van der Waals surface area contributed by atoms with Gasteiger partial charge in [-0.3, -0.25) is 0 Å². The zero-order chi connectivity index (χ0) is 14.2. The minimum atomic E-state index is -4.33. The molecule has 2 rings (SSSR count). The third-order valence-electron chi connectivity index (χ3n) is 3.61. The molecule has 2 aromatic rings. The van der Waals surface area contributed by atoms with Gasteiger partial charge in [-0.25, -0.2) is 8.42 Å². The molecule has 5 heteroatoms. The molecule has 0 amide bonds. The first-order chi connectivity index (χ1) is 8.86. The van der Waals surface area contributed by atoms with Crippen molar-refractivity contribution in [3.05, 3.63) is 47.0 Å². The number of benzene rings is 2. The molecule has 0 bridgehead atoms. The minimum Gasteiger partial charge on any atom is -0.747 e. The number of fused-ring (bicyclic) bond motifs is 1. The SMILES string of the molecule is CCC(c1c(C)cc2ccccc2c1C)S(=O)(=O)[O-].[Na+]. The van der Waals surface area contributed by atoms with Crippen LogP contribution >= 0.6 is 0 Å². The van der Waals surface area contributed by atoms with Crippen LogP contribution < -0.4 is 29.6 Å². The molecule has 102 valence electrons. The number of hydrogen-bond acceptors (Lipinski definition) is 3. The molecule has 0 fully saturated rings. The zero-order valence-corrected chi connectivity index (χ0v) is 15.1. The number of aryl methyl sites for hydroxylation is 2. The standard InChI is InChI=1S/C15H18O3S.Na/c1-4-14(19(16,17)18)15-10(2)9-12-7-5-6-8-13(12)11(15)3;/h5-9,14H,4H2,1-3H3,(H,16,17,18);/q;+1/p-1. The van der Waals surface area contributed by atoms with Gasteiger partial charge in [-0.1, -0.05) is 37.3 Å². The molecule has 3 nitrogen and oxygen atoms in total. The summed E-state index contributed by atoms with van der Waals surface area (Å²) in [4.78, 5) is 0. The van der Waals surface area contributed by atoms with Crippen LogP contribution in [0.2, 0.25) is 0 Å². The summed E-state index contributed by atoms with van der Waals surface area (Å²) in [6.45, 7) is 5.48. The Bertz CT molecular complexity index is 723.